The molecule has 0 unspecified atom stereocenters. The molecular weight excluding hydrogens is 600 g/mol. The summed E-state index contributed by atoms with van der Waals surface area (Å²) in [5.41, 5.74) is -0.662. The highest BCUT2D eigenvalue weighted by molar-refractivity contribution is 7.81. The molecule has 0 saturated carbocycles. The number of phenolic OH excluding ortho intramolecular Hbond substituents is 2. The molecule has 0 amide bonds. The van der Waals surface area contributed by atoms with Gasteiger partial charge in [-0.05, 0) is 18.2 Å². The molecule has 0 spiro atoms. The van der Waals surface area contributed by atoms with Crippen molar-refractivity contribution in [2.45, 2.75) is 30.7 Å². The molecule has 1 saturated heterocycles. The number of ether oxygens (including phenoxy) is 3. The van der Waals surface area contributed by atoms with E-state index in [-0.39, 0.29) is 34.0 Å². The van der Waals surface area contributed by atoms with Crippen LogP contribution in [0.3, 0.4) is 0 Å². The Morgan fingerprint density at radius 1 is 0.927 bits per heavy atom. The van der Waals surface area contributed by atoms with Crippen LogP contribution < -0.4 is 14.9 Å². The second kappa shape index (κ2) is 11.4. The third kappa shape index (κ3) is 6.86. The predicted octanol–water partition coefficient (Wildman–Crippen LogP) is -0.287. The van der Waals surface area contributed by atoms with E-state index in [1.165, 1.54) is 25.3 Å². The number of hydrogen-bond donors (Lipinski definition) is 6. The van der Waals surface area contributed by atoms with Gasteiger partial charge in [0.15, 0.2) is 23.0 Å². The minimum Gasteiger partial charge on any atom is -0.507 e. The first kappa shape index (κ1) is 30.4. The Morgan fingerprint density at radius 3 is 2.20 bits per heavy atom. The SMILES string of the molecule is COc1cc(-c2cc(=O)c3c(O)cc(O[C@H]4O[C@@H](CO)[C@@H](OS(=O)(=O)O)[C@@H](O)[C@@H]4OS(=O)(=O)O)cc3o2)ccc1O. The van der Waals surface area contributed by atoms with Crippen LogP contribution in [0.25, 0.3) is 22.3 Å². The van der Waals surface area contributed by atoms with Crippen molar-refractivity contribution < 1.29 is 73.4 Å². The quantitative estimate of drug-likeness (QED) is 0.167. The first-order chi connectivity index (χ1) is 19.1. The van der Waals surface area contributed by atoms with E-state index in [0.29, 0.717) is 5.56 Å². The maximum Gasteiger partial charge on any atom is 0.397 e. The molecule has 19 heteroatoms. The van der Waals surface area contributed by atoms with E-state index in [2.05, 4.69) is 8.37 Å². The van der Waals surface area contributed by atoms with Gasteiger partial charge in [0, 0.05) is 23.8 Å². The molecule has 3 aromatic rings. The summed E-state index contributed by atoms with van der Waals surface area (Å²) in [5, 5.41) is 40.2. The molecule has 17 nitrogen and oxygen atoms in total. The minimum absolute atomic E-state index is 0.0279. The fourth-order valence-electron chi connectivity index (χ4n) is 4.06. The topological polar surface area (TPSA) is 266 Å². The Labute approximate surface area is 230 Å². The number of phenols is 2. The van der Waals surface area contributed by atoms with Crippen LogP contribution in [0.1, 0.15) is 0 Å². The molecule has 2 heterocycles. The number of fused-ring (bicyclic) bond motifs is 1. The van der Waals surface area contributed by atoms with Crippen molar-refractivity contribution in [2.24, 2.45) is 0 Å². The molecular formula is C22H22O17S2. The van der Waals surface area contributed by atoms with Crippen LogP contribution in [0, 0.1) is 0 Å². The molecule has 6 N–H and O–H groups in total. The average Bonchev–Trinajstić information content (AvgIpc) is 2.86. The third-order valence-corrected chi connectivity index (χ3v) is 6.69. The van der Waals surface area contributed by atoms with Gasteiger partial charge in [0.2, 0.25) is 6.29 Å². The lowest BCUT2D eigenvalue weighted by Gasteiger charge is -2.41. The van der Waals surface area contributed by atoms with Crippen LogP contribution in [0.2, 0.25) is 0 Å². The third-order valence-electron chi connectivity index (χ3n) is 5.76. The Balaban J connectivity index is 1.75. The maximum atomic E-state index is 12.8. The van der Waals surface area contributed by atoms with Crippen LogP contribution in [-0.4, -0.2) is 90.8 Å². The molecule has 0 radical (unpaired) electrons. The van der Waals surface area contributed by atoms with E-state index < -0.39 is 69.3 Å². The van der Waals surface area contributed by atoms with Crippen LogP contribution in [-0.2, 0) is 33.9 Å². The van der Waals surface area contributed by atoms with Gasteiger partial charge in [-0.1, -0.05) is 0 Å². The maximum absolute atomic E-state index is 12.8. The van der Waals surface area contributed by atoms with Crippen molar-refractivity contribution in [3.8, 4) is 34.3 Å². The molecule has 5 atom stereocenters. The summed E-state index contributed by atoms with van der Waals surface area (Å²) in [7, 11) is -9.32. The van der Waals surface area contributed by atoms with Gasteiger partial charge in [0.05, 0.1) is 13.7 Å². The van der Waals surface area contributed by atoms with Gasteiger partial charge in [-0.2, -0.15) is 16.8 Å². The van der Waals surface area contributed by atoms with Crippen molar-refractivity contribution in [1.82, 2.24) is 0 Å². The summed E-state index contributed by atoms with van der Waals surface area (Å²) in [6.07, 6.45) is -10.5. The molecule has 41 heavy (non-hydrogen) atoms. The Hall–Kier alpha value is -3.53. The largest absolute Gasteiger partial charge is 0.507 e. The average molecular weight is 623 g/mol. The van der Waals surface area contributed by atoms with Gasteiger partial charge in [-0.3, -0.25) is 13.9 Å². The second-order valence-corrected chi connectivity index (χ2v) is 10.6. The molecule has 1 fully saturated rings. The molecule has 1 aliphatic heterocycles. The molecule has 224 valence electrons. The van der Waals surface area contributed by atoms with Crippen LogP contribution >= 0.6 is 0 Å². The number of hydrogen-bond acceptors (Lipinski definition) is 15. The van der Waals surface area contributed by atoms with Gasteiger partial charge in [0.25, 0.3) is 0 Å². The van der Waals surface area contributed by atoms with Gasteiger partial charge in [-0.25, -0.2) is 8.37 Å². The van der Waals surface area contributed by atoms with Crippen LogP contribution in [0.5, 0.6) is 23.0 Å². The lowest BCUT2D eigenvalue weighted by Crippen LogP contribution is -2.62. The van der Waals surface area contributed by atoms with Crippen molar-refractivity contribution in [3.05, 3.63) is 46.6 Å². The van der Waals surface area contributed by atoms with E-state index in [9.17, 15) is 46.6 Å². The summed E-state index contributed by atoms with van der Waals surface area (Å²) in [4.78, 5) is 12.8. The molecule has 0 bridgehead atoms. The standard InChI is InChI=1S/C22H22O17S2/c1-34-15-4-9(2-3-11(15)24)14-7-13(26)18-12(25)5-10(6-16(18)36-14)35-22-21(39-41(31,32)33)19(27)20(17(8-23)37-22)38-40(28,29)30/h2-7,17,19-25,27H,8H2,1H3,(H,28,29,30)(H,31,32,33)/t17-,19+,20+,21-,22-/m0/s1. The predicted molar refractivity (Wildman–Crippen MR) is 133 cm³/mol. The summed E-state index contributed by atoms with van der Waals surface area (Å²) < 4.78 is 93.7. The Morgan fingerprint density at radius 2 is 1.59 bits per heavy atom. The summed E-state index contributed by atoms with van der Waals surface area (Å²) >= 11 is 0. The first-order valence-electron chi connectivity index (χ1n) is 11.2. The van der Waals surface area contributed by atoms with Crippen LogP contribution in [0.15, 0.2) is 45.6 Å². The highest BCUT2D eigenvalue weighted by Crippen LogP contribution is 2.36. The molecule has 2 aromatic carbocycles. The monoisotopic (exact) mass is 622 g/mol. The highest BCUT2D eigenvalue weighted by atomic mass is 32.3. The number of benzene rings is 2. The highest BCUT2D eigenvalue weighted by Gasteiger charge is 2.51. The lowest BCUT2D eigenvalue weighted by molar-refractivity contribution is -0.266. The number of aliphatic hydroxyl groups excluding tert-OH is 2. The summed E-state index contributed by atoms with van der Waals surface area (Å²) in [5.74, 6) is -1.20. The Kier molecular flexibility index (Phi) is 8.45. The van der Waals surface area contributed by atoms with E-state index in [0.717, 1.165) is 18.2 Å². The molecule has 1 aliphatic rings. The van der Waals surface area contributed by atoms with E-state index >= 15 is 0 Å². The van der Waals surface area contributed by atoms with E-state index in [4.69, 9.17) is 23.2 Å². The molecule has 0 aliphatic carbocycles. The molecule has 4 rings (SSSR count). The zero-order valence-corrected chi connectivity index (χ0v) is 22.2. The van der Waals surface area contributed by atoms with E-state index in [1.807, 2.05) is 0 Å². The normalized spacial score (nSPS) is 23.4. The summed E-state index contributed by atoms with van der Waals surface area (Å²) in [6, 6.07) is 7.08. The fraction of sp³-hybridized carbons (Fsp3) is 0.318. The fourth-order valence-corrected chi connectivity index (χ4v) is 5.06. The van der Waals surface area contributed by atoms with Gasteiger partial charge in [0.1, 0.15) is 46.5 Å². The number of rotatable bonds is 9. The van der Waals surface area contributed by atoms with Gasteiger partial charge < -0.3 is 39.1 Å². The first-order valence-corrected chi connectivity index (χ1v) is 13.9. The van der Waals surface area contributed by atoms with Crippen molar-refractivity contribution in [2.75, 3.05) is 13.7 Å². The van der Waals surface area contributed by atoms with Crippen molar-refractivity contribution in [3.63, 3.8) is 0 Å². The Bertz CT molecular complexity index is 1720. The second-order valence-electron chi connectivity index (χ2n) is 8.49. The lowest BCUT2D eigenvalue weighted by atomic mass is 9.99. The van der Waals surface area contributed by atoms with Gasteiger partial charge in [-0.15, -0.1) is 0 Å². The smallest absolute Gasteiger partial charge is 0.397 e. The number of aliphatic hydroxyl groups is 2. The number of methoxy groups -OCH3 is 1. The van der Waals surface area contributed by atoms with Crippen molar-refractivity contribution >= 4 is 31.8 Å². The van der Waals surface area contributed by atoms with Gasteiger partial charge >= 0.3 is 20.8 Å². The molecule has 1 aromatic heterocycles. The zero-order valence-electron chi connectivity index (χ0n) is 20.5. The number of aromatic hydroxyl groups is 2. The zero-order chi connectivity index (χ0) is 30.3. The van der Waals surface area contributed by atoms with E-state index in [1.54, 1.807) is 0 Å². The van der Waals surface area contributed by atoms with Crippen molar-refractivity contribution in [1.29, 1.82) is 0 Å². The van der Waals surface area contributed by atoms with Crippen LogP contribution in [0.4, 0.5) is 0 Å². The summed E-state index contributed by atoms with van der Waals surface area (Å²) in [6.45, 7) is -1.05. The minimum atomic E-state index is -5.35.